The minimum atomic E-state index is 0.130. The Morgan fingerprint density at radius 1 is 1.53 bits per heavy atom. The molecular weight excluding hydrogens is 208 g/mol. The Morgan fingerprint density at radius 3 is 2.67 bits per heavy atom. The molecule has 0 spiro atoms. The lowest BCUT2D eigenvalue weighted by Crippen LogP contribution is -2.41. The summed E-state index contributed by atoms with van der Waals surface area (Å²) in [6.07, 6.45) is 2.08. The molecule has 15 heavy (non-hydrogen) atoms. The molecule has 0 radical (unpaired) electrons. The molecule has 1 amide bonds. The molecule has 4 heteroatoms. The predicted octanol–water partition coefficient (Wildman–Crippen LogP) is 1.10. The van der Waals surface area contributed by atoms with E-state index in [1.807, 2.05) is 0 Å². The molecule has 1 saturated heterocycles. The number of carbonyl (C=O) groups is 1. The van der Waals surface area contributed by atoms with Crippen molar-refractivity contribution in [1.82, 2.24) is 10.6 Å². The van der Waals surface area contributed by atoms with Gasteiger partial charge >= 0.3 is 0 Å². The van der Waals surface area contributed by atoms with Crippen LogP contribution in [0, 0.1) is 11.8 Å². The second kappa shape index (κ2) is 5.21. The van der Waals surface area contributed by atoms with Crippen LogP contribution in [0.2, 0.25) is 0 Å². The average Bonchev–Trinajstić information content (AvgIpc) is 2.61. The fourth-order valence-corrected chi connectivity index (χ4v) is 1.88. The lowest BCUT2D eigenvalue weighted by molar-refractivity contribution is -0.125. The molecule has 3 nitrogen and oxygen atoms in total. The van der Waals surface area contributed by atoms with Crippen molar-refractivity contribution in [1.29, 1.82) is 0 Å². The summed E-state index contributed by atoms with van der Waals surface area (Å²) in [6.45, 7) is 8.96. The van der Waals surface area contributed by atoms with E-state index in [0.29, 0.717) is 5.92 Å². The van der Waals surface area contributed by atoms with Crippen LogP contribution in [0.3, 0.4) is 0 Å². The molecule has 0 aromatic rings. The van der Waals surface area contributed by atoms with Gasteiger partial charge in [-0.05, 0) is 32.6 Å². The van der Waals surface area contributed by atoms with Gasteiger partial charge in [0.15, 0.2) is 0 Å². The van der Waals surface area contributed by atoms with Crippen molar-refractivity contribution in [3.8, 4) is 0 Å². The largest absolute Gasteiger partial charge is 0.354 e. The SMILES string of the molecule is CSC(C)(C)CNC(=O)[C@@H]1CNC[C@H]1C. The quantitative estimate of drug-likeness (QED) is 0.760. The topological polar surface area (TPSA) is 41.1 Å². The van der Waals surface area contributed by atoms with Crippen LogP contribution < -0.4 is 10.6 Å². The summed E-state index contributed by atoms with van der Waals surface area (Å²) >= 11 is 1.78. The standard InChI is InChI=1S/C11H22N2OS/c1-8-5-12-6-9(8)10(14)13-7-11(2,3)15-4/h8-9,12H,5-7H2,1-4H3,(H,13,14)/t8-,9-/m1/s1. The van der Waals surface area contributed by atoms with Gasteiger partial charge in [-0.1, -0.05) is 6.92 Å². The van der Waals surface area contributed by atoms with E-state index in [2.05, 4.69) is 37.7 Å². The Labute approximate surface area is 96.8 Å². The minimum absolute atomic E-state index is 0.130. The molecule has 2 atom stereocenters. The summed E-state index contributed by atoms with van der Waals surface area (Å²) in [4.78, 5) is 11.9. The first-order chi connectivity index (χ1) is 6.96. The molecule has 0 bridgehead atoms. The lowest BCUT2D eigenvalue weighted by atomic mass is 9.97. The van der Waals surface area contributed by atoms with Crippen molar-refractivity contribution in [2.45, 2.75) is 25.5 Å². The molecule has 0 aromatic heterocycles. The van der Waals surface area contributed by atoms with Crippen molar-refractivity contribution in [3.63, 3.8) is 0 Å². The molecule has 0 saturated carbocycles. The van der Waals surface area contributed by atoms with Crippen molar-refractivity contribution in [2.75, 3.05) is 25.9 Å². The number of carbonyl (C=O) groups excluding carboxylic acids is 1. The van der Waals surface area contributed by atoms with Crippen LogP contribution in [-0.2, 0) is 4.79 Å². The van der Waals surface area contributed by atoms with Gasteiger partial charge in [-0.15, -0.1) is 0 Å². The van der Waals surface area contributed by atoms with Crippen LogP contribution in [0.5, 0.6) is 0 Å². The molecule has 0 aliphatic carbocycles. The van der Waals surface area contributed by atoms with Gasteiger partial charge in [-0.3, -0.25) is 4.79 Å². The van der Waals surface area contributed by atoms with Crippen molar-refractivity contribution < 1.29 is 4.79 Å². The van der Waals surface area contributed by atoms with Crippen molar-refractivity contribution in [3.05, 3.63) is 0 Å². The van der Waals surface area contributed by atoms with E-state index < -0.39 is 0 Å². The van der Waals surface area contributed by atoms with Gasteiger partial charge in [0.1, 0.15) is 0 Å². The summed E-state index contributed by atoms with van der Waals surface area (Å²) in [7, 11) is 0. The third kappa shape index (κ3) is 3.68. The molecule has 0 unspecified atom stereocenters. The molecule has 1 rings (SSSR count). The number of thioether (sulfide) groups is 1. The maximum atomic E-state index is 11.9. The fourth-order valence-electron chi connectivity index (χ4n) is 1.66. The van der Waals surface area contributed by atoms with Gasteiger partial charge in [-0.2, -0.15) is 11.8 Å². The minimum Gasteiger partial charge on any atom is -0.354 e. The lowest BCUT2D eigenvalue weighted by Gasteiger charge is -2.24. The number of amides is 1. The molecule has 88 valence electrons. The second-order valence-electron chi connectivity index (χ2n) is 4.92. The van der Waals surface area contributed by atoms with Crippen LogP contribution in [0.1, 0.15) is 20.8 Å². The Morgan fingerprint density at radius 2 is 2.20 bits per heavy atom. The summed E-state index contributed by atoms with van der Waals surface area (Å²) in [6, 6.07) is 0. The molecule has 0 aromatic carbocycles. The zero-order valence-electron chi connectivity index (χ0n) is 10.1. The smallest absolute Gasteiger partial charge is 0.224 e. The Bertz CT molecular complexity index is 231. The summed E-state index contributed by atoms with van der Waals surface area (Å²) in [5.41, 5.74) is 0. The Kier molecular flexibility index (Phi) is 4.46. The molecule has 1 fully saturated rings. The van der Waals surface area contributed by atoms with Crippen LogP contribution in [-0.4, -0.2) is 36.5 Å². The van der Waals surface area contributed by atoms with Gasteiger partial charge in [-0.25, -0.2) is 0 Å². The first-order valence-corrected chi connectivity index (χ1v) is 6.72. The van der Waals surface area contributed by atoms with Crippen LogP contribution in [0.15, 0.2) is 0 Å². The third-order valence-electron chi connectivity index (χ3n) is 3.10. The van der Waals surface area contributed by atoms with Gasteiger partial charge in [0.05, 0.1) is 5.92 Å². The van der Waals surface area contributed by atoms with E-state index in [0.717, 1.165) is 19.6 Å². The molecular formula is C11H22N2OS. The van der Waals surface area contributed by atoms with E-state index in [4.69, 9.17) is 0 Å². The van der Waals surface area contributed by atoms with Crippen molar-refractivity contribution in [2.24, 2.45) is 11.8 Å². The van der Waals surface area contributed by atoms with Gasteiger partial charge in [0, 0.05) is 17.8 Å². The third-order valence-corrected chi connectivity index (χ3v) is 4.34. The zero-order valence-corrected chi connectivity index (χ0v) is 10.9. The highest BCUT2D eigenvalue weighted by Crippen LogP contribution is 2.21. The van der Waals surface area contributed by atoms with E-state index >= 15 is 0 Å². The van der Waals surface area contributed by atoms with E-state index in [-0.39, 0.29) is 16.6 Å². The zero-order chi connectivity index (χ0) is 11.5. The van der Waals surface area contributed by atoms with Crippen LogP contribution >= 0.6 is 11.8 Å². The maximum Gasteiger partial charge on any atom is 0.224 e. The number of nitrogens with one attached hydrogen (secondary N) is 2. The normalized spacial score (nSPS) is 26.7. The Balaban J connectivity index is 2.36. The van der Waals surface area contributed by atoms with E-state index in [1.165, 1.54) is 0 Å². The summed E-state index contributed by atoms with van der Waals surface area (Å²) < 4.78 is 0.130. The monoisotopic (exact) mass is 230 g/mol. The predicted molar refractivity (Wildman–Crippen MR) is 66.1 cm³/mol. The van der Waals surface area contributed by atoms with Crippen LogP contribution in [0.4, 0.5) is 0 Å². The fraction of sp³-hybridized carbons (Fsp3) is 0.909. The van der Waals surface area contributed by atoms with E-state index in [9.17, 15) is 4.79 Å². The van der Waals surface area contributed by atoms with Gasteiger partial charge in [0.25, 0.3) is 0 Å². The highest BCUT2D eigenvalue weighted by atomic mass is 32.2. The van der Waals surface area contributed by atoms with E-state index in [1.54, 1.807) is 11.8 Å². The summed E-state index contributed by atoms with van der Waals surface area (Å²) in [5, 5.41) is 6.29. The molecule has 1 aliphatic heterocycles. The maximum absolute atomic E-state index is 11.9. The molecule has 2 N–H and O–H groups in total. The number of hydrogen-bond donors (Lipinski definition) is 2. The van der Waals surface area contributed by atoms with Gasteiger partial charge < -0.3 is 10.6 Å². The second-order valence-corrected chi connectivity index (χ2v) is 6.44. The highest BCUT2D eigenvalue weighted by molar-refractivity contribution is 7.99. The average molecular weight is 230 g/mol. The van der Waals surface area contributed by atoms with Gasteiger partial charge in [0.2, 0.25) is 5.91 Å². The number of rotatable bonds is 4. The summed E-state index contributed by atoms with van der Waals surface area (Å²) in [5.74, 6) is 0.819. The molecule has 1 heterocycles. The first-order valence-electron chi connectivity index (χ1n) is 5.50. The first kappa shape index (κ1) is 12.8. The number of hydrogen-bond acceptors (Lipinski definition) is 3. The van der Waals surface area contributed by atoms with Crippen LogP contribution in [0.25, 0.3) is 0 Å². The van der Waals surface area contributed by atoms with Crippen molar-refractivity contribution >= 4 is 17.7 Å². The molecule has 1 aliphatic rings. The Hall–Kier alpha value is -0.220. The highest BCUT2D eigenvalue weighted by Gasteiger charge is 2.30.